The molecule has 0 aromatic heterocycles. The number of carbonyl (C=O) groups is 1. The predicted molar refractivity (Wildman–Crippen MR) is 71.7 cm³/mol. The highest BCUT2D eigenvalue weighted by atomic mass is 16.5. The molecule has 1 aliphatic carbocycles. The van der Waals surface area contributed by atoms with Crippen molar-refractivity contribution in [2.24, 2.45) is 5.92 Å². The third kappa shape index (κ3) is 4.52. The number of benzene rings is 1. The van der Waals surface area contributed by atoms with Crippen molar-refractivity contribution < 1.29 is 9.53 Å². The van der Waals surface area contributed by atoms with Gasteiger partial charge in [0.25, 0.3) is 0 Å². The van der Waals surface area contributed by atoms with Crippen LogP contribution in [-0.2, 0) is 16.1 Å². The SMILES string of the molecule is O=C([CH]CC1CCCCC1)OCc1ccccc1. The van der Waals surface area contributed by atoms with E-state index >= 15 is 0 Å². The van der Waals surface area contributed by atoms with Gasteiger partial charge in [0.1, 0.15) is 6.61 Å². The van der Waals surface area contributed by atoms with Gasteiger partial charge >= 0.3 is 5.97 Å². The van der Waals surface area contributed by atoms with Crippen LogP contribution in [0.2, 0.25) is 0 Å². The summed E-state index contributed by atoms with van der Waals surface area (Å²) < 4.78 is 5.22. The molecule has 0 unspecified atom stereocenters. The van der Waals surface area contributed by atoms with Crippen molar-refractivity contribution in [2.75, 3.05) is 0 Å². The van der Waals surface area contributed by atoms with Crippen LogP contribution in [0.1, 0.15) is 44.1 Å². The quantitative estimate of drug-likeness (QED) is 0.735. The second-order valence-electron chi connectivity index (χ2n) is 5.04. The predicted octanol–water partition coefficient (Wildman–Crippen LogP) is 3.90. The fourth-order valence-corrected chi connectivity index (χ4v) is 2.47. The minimum atomic E-state index is -0.176. The van der Waals surface area contributed by atoms with Crippen LogP contribution >= 0.6 is 0 Å². The number of ether oxygens (including phenoxy) is 1. The first-order chi connectivity index (χ1) is 8.84. The summed E-state index contributed by atoms with van der Waals surface area (Å²) in [6.07, 6.45) is 9.13. The van der Waals surface area contributed by atoms with Gasteiger partial charge in [-0.3, -0.25) is 4.79 Å². The molecule has 1 aliphatic rings. The van der Waals surface area contributed by atoms with E-state index in [-0.39, 0.29) is 5.97 Å². The molecule has 0 N–H and O–H groups in total. The van der Waals surface area contributed by atoms with Crippen molar-refractivity contribution >= 4 is 5.97 Å². The first-order valence-corrected chi connectivity index (χ1v) is 6.88. The van der Waals surface area contributed by atoms with Gasteiger partial charge in [-0.05, 0) is 17.9 Å². The lowest BCUT2D eigenvalue weighted by Crippen LogP contribution is -2.11. The standard InChI is InChI=1S/C16H21O2/c17-16(12-11-14-7-3-1-4-8-14)18-13-15-9-5-2-6-10-15/h2,5-6,9-10,12,14H,1,3-4,7-8,11,13H2. The normalized spacial score (nSPS) is 16.4. The zero-order chi connectivity index (χ0) is 12.6. The molecule has 1 radical (unpaired) electrons. The Labute approximate surface area is 109 Å². The third-order valence-electron chi connectivity index (χ3n) is 3.57. The van der Waals surface area contributed by atoms with Crippen LogP contribution in [0, 0.1) is 12.3 Å². The molecule has 0 aliphatic heterocycles. The smallest absolute Gasteiger partial charge is 0.310 e. The van der Waals surface area contributed by atoms with Gasteiger partial charge in [-0.2, -0.15) is 0 Å². The Morgan fingerprint density at radius 3 is 2.61 bits per heavy atom. The second-order valence-corrected chi connectivity index (χ2v) is 5.04. The van der Waals surface area contributed by atoms with E-state index in [0.29, 0.717) is 12.5 Å². The molecule has 2 rings (SSSR count). The Balaban J connectivity index is 1.63. The van der Waals surface area contributed by atoms with E-state index in [1.54, 1.807) is 6.42 Å². The summed E-state index contributed by atoms with van der Waals surface area (Å²) in [5, 5.41) is 0. The molecule has 1 aromatic carbocycles. The fourth-order valence-electron chi connectivity index (χ4n) is 2.47. The maximum atomic E-state index is 11.6. The summed E-state index contributed by atoms with van der Waals surface area (Å²) in [5.74, 6) is 0.521. The first-order valence-electron chi connectivity index (χ1n) is 6.88. The molecule has 2 heteroatoms. The Morgan fingerprint density at radius 1 is 1.17 bits per heavy atom. The minimum Gasteiger partial charge on any atom is -0.461 e. The topological polar surface area (TPSA) is 26.3 Å². The Kier molecular flexibility index (Phi) is 5.25. The van der Waals surface area contributed by atoms with E-state index in [9.17, 15) is 4.79 Å². The molecule has 0 saturated heterocycles. The molecule has 0 atom stereocenters. The summed E-state index contributed by atoms with van der Waals surface area (Å²) >= 11 is 0. The first kappa shape index (κ1) is 13.1. The van der Waals surface area contributed by atoms with Gasteiger partial charge in [0.2, 0.25) is 0 Å². The maximum Gasteiger partial charge on any atom is 0.310 e. The van der Waals surface area contributed by atoms with Crippen LogP contribution in [0.25, 0.3) is 0 Å². The van der Waals surface area contributed by atoms with Gasteiger partial charge in [-0.15, -0.1) is 0 Å². The molecule has 1 saturated carbocycles. The van der Waals surface area contributed by atoms with E-state index in [1.807, 2.05) is 30.3 Å². The number of rotatable bonds is 5. The molecule has 18 heavy (non-hydrogen) atoms. The van der Waals surface area contributed by atoms with Gasteiger partial charge in [0, 0.05) is 0 Å². The average Bonchev–Trinajstić information content (AvgIpc) is 2.45. The van der Waals surface area contributed by atoms with Crippen molar-refractivity contribution in [3.63, 3.8) is 0 Å². The van der Waals surface area contributed by atoms with Crippen molar-refractivity contribution in [1.29, 1.82) is 0 Å². The third-order valence-corrected chi connectivity index (χ3v) is 3.57. The molecule has 0 amide bonds. The monoisotopic (exact) mass is 245 g/mol. The molecule has 2 nitrogen and oxygen atoms in total. The highest BCUT2D eigenvalue weighted by Crippen LogP contribution is 2.27. The zero-order valence-electron chi connectivity index (χ0n) is 10.8. The number of carbonyl (C=O) groups excluding carboxylic acids is 1. The van der Waals surface area contributed by atoms with Gasteiger partial charge in [0.15, 0.2) is 0 Å². The Bertz CT molecular complexity index is 353. The highest BCUT2D eigenvalue weighted by Gasteiger charge is 2.15. The molecular weight excluding hydrogens is 224 g/mol. The zero-order valence-corrected chi connectivity index (χ0v) is 10.8. The van der Waals surface area contributed by atoms with Crippen molar-refractivity contribution in [3.05, 3.63) is 42.3 Å². The van der Waals surface area contributed by atoms with Gasteiger partial charge in [-0.25, -0.2) is 0 Å². The molecule has 1 fully saturated rings. The lowest BCUT2D eigenvalue weighted by molar-refractivity contribution is -0.141. The van der Waals surface area contributed by atoms with Crippen LogP contribution in [0.4, 0.5) is 0 Å². The van der Waals surface area contributed by atoms with Crippen molar-refractivity contribution in [3.8, 4) is 0 Å². The molecule has 0 bridgehead atoms. The largest absolute Gasteiger partial charge is 0.461 e. The minimum absolute atomic E-state index is 0.176. The molecule has 0 spiro atoms. The Morgan fingerprint density at radius 2 is 1.89 bits per heavy atom. The lowest BCUT2D eigenvalue weighted by atomic mass is 9.86. The molecule has 97 valence electrons. The Hall–Kier alpha value is -1.31. The summed E-state index contributed by atoms with van der Waals surface area (Å²) in [6.45, 7) is 0.376. The summed E-state index contributed by atoms with van der Waals surface area (Å²) in [7, 11) is 0. The summed E-state index contributed by atoms with van der Waals surface area (Å²) in [5.41, 5.74) is 1.04. The van der Waals surface area contributed by atoms with Gasteiger partial charge < -0.3 is 4.74 Å². The van der Waals surface area contributed by atoms with Gasteiger partial charge in [-0.1, -0.05) is 62.4 Å². The number of esters is 1. The van der Waals surface area contributed by atoms with E-state index in [2.05, 4.69) is 0 Å². The van der Waals surface area contributed by atoms with Crippen LogP contribution in [0.3, 0.4) is 0 Å². The van der Waals surface area contributed by atoms with Crippen LogP contribution in [0.5, 0.6) is 0 Å². The highest BCUT2D eigenvalue weighted by molar-refractivity contribution is 5.78. The van der Waals surface area contributed by atoms with E-state index in [1.165, 1.54) is 32.1 Å². The number of hydrogen-bond acceptors (Lipinski definition) is 2. The van der Waals surface area contributed by atoms with E-state index < -0.39 is 0 Å². The molecule has 0 heterocycles. The van der Waals surface area contributed by atoms with Crippen LogP contribution in [-0.4, -0.2) is 5.97 Å². The van der Waals surface area contributed by atoms with E-state index in [4.69, 9.17) is 4.74 Å². The van der Waals surface area contributed by atoms with Gasteiger partial charge in [0.05, 0.1) is 6.42 Å². The molecular formula is C16H21O2. The second kappa shape index (κ2) is 7.20. The lowest BCUT2D eigenvalue weighted by Gasteiger charge is -2.20. The van der Waals surface area contributed by atoms with Crippen LogP contribution < -0.4 is 0 Å². The number of hydrogen-bond donors (Lipinski definition) is 0. The van der Waals surface area contributed by atoms with E-state index in [0.717, 1.165) is 12.0 Å². The van der Waals surface area contributed by atoms with Crippen molar-refractivity contribution in [2.45, 2.75) is 45.1 Å². The fraction of sp³-hybridized carbons (Fsp3) is 0.500. The summed E-state index contributed by atoms with van der Waals surface area (Å²) in [4.78, 5) is 11.6. The molecule has 1 aromatic rings. The van der Waals surface area contributed by atoms with Crippen molar-refractivity contribution in [1.82, 2.24) is 0 Å². The summed E-state index contributed by atoms with van der Waals surface area (Å²) in [6, 6.07) is 9.80. The maximum absolute atomic E-state index is 11.6. The van der Waals surface area contributed by atoms with Crippen LogP contribution in [0.15, 0.2) is 30.3 Å². The average molecular weight is 245 g/mol.